The number of amides is 1. The van der Waals surface area contributed by atoms with Gasteiger partial charge in [0, 0.05) is 30.0 Å². The van der Waals surface area contributed by atoms with Crippen LogP contribution in [0.2, 0.25) is 0 Å². The molecule has 2 heterocycles. The van der Waals surface area contributed by atoms with Gasteiger partial charge in [0.2, 0.25) is 5.91 Å². The molecule has 1 saturated heterocycles. The maximum Gasteiger partial charge on any atom is 0.227 e. The summed E-state index contributed by atoms with van der Waals surface area (Å²) in [4.78, 5) is 16.8. The van der Waals surface area contributed by atoms with Crippen LogP contribution in [0.15, 0.2) is 23.6 Å². The van der Waals surface area contributed by atoms with Crippen molar-refractivity contribution in [2.24, 2.45) is 0 Å². The second-order valence-electron chi connectivity index (χ2n) is 6.71. The number of thiazole rings is 1. The largest absolute Gasteiger partial charge is 0.378 e. The van der Waals surface area contributed by atoms with Crippen molar-refractivity contribution in [1.29, 1.82) is 0 Å². The Balaban J connectivity index is 0.00000196. The standard InChI is InChI=1S/C19H23N3O2S.ClH/c23-18(10-16-11-24-8-7-20-16)22-19-21-17(12-25-19)15-6-5-13-3-1-2-4-14(13)9-15;/h5-6,9,12,16,20H,1-4,7-8,10-11H2,(H,21,22,23);1H. The van der Waals surface area contributed by atoms with Crippen molar-refractivity contribution in [2.45, 2.75) is 38.1 Å². The van der Waals surface area contributed by atoms with Crippen LogP contribution in [0, 0.1) is 0 Å². The molecule has 1 amide bonds. The van der Waals surface area contributed by atoms with Gasteiger partial charge in [-0.25, -0.2) is 4.98 Å². The third kappa shape index (κ3) is 4.62. The van der Waals surface area contributed by atoms with Crippen LogP contribution < -0.4 is 10.6 Å². The topological polar surface area (TPSA) is 63.2 Å². The molecule has 1 unspecified atom stereocenters. The van der Waals surface area contributed by atoms with Gasteiger partial charge in [-0.2, -0.15) is 0 Å². The molecule has 0 spiro atoms. The van der Waals surface area contributed by atoms with Crippen molar-refractivity contribution in [2.75, 3.05) is 25.1 Å². The second kappa shape index (κ2) is 8.95. The van der Waals surface area contributed by atoms with Crippen LogP contribution in [0.1, 0.15) is 30.4 Å². The van der Waals surface area contributed by atoms with E-state index in [0.717, 1.165) is 30.8 Å². The van der Waals surface area contributed by atoms with Gasteiger partial charge in [0.25, 0.3) is 0 Å². The van der Waals surface area contributed by atoms with Crippen LogP contribution in [-0.2, 0) is 22.4 Å². The first kappa shape index (κ1) is 19.3. The fourth-order valence-corrected chi connectivity index (χ4v) is 4.24. The Morgan fingerprint density at radius 1 is 1.31 bits per heavy atom. The summed E-state index contributed by atoms with van der Waals surface area (Å²) in [6.07, 6.45) is 5.32. The molecule has 1 aromatic carbocycles. The first-order valence-corrected chi connectivity index (χ1v) is 9.84. The summed E-state index contributed by atoms with van der Waals surface area (Å²) in [5, 5.41) is 8.89. The minimum absolute atomic E-state index is 0. The van der Waals surface area contributed by atoms with E-state index in [1.807, 2.05) is 5.38 Å². The molecule has 1 atom stereocenters. The van der Waals surface area contributed by atoms with E-state index in [4.69, 9.17) is 4.74 Å². The molecule has 0 radical (unpaired) electrons. The van der Waals surface area contributed by atoms with Crippen LogP contribution in [0.25, 0.3) is 11.3 Å². The van der Waals surface area contributed by atoms with Gasteiger partial charge >= 0.3 is 0 Å². The number of anilines is 1. The zero-order valence-corrected chi connectivity index (χ0v) is 16.3. The summed E-state index contributed by atoms with van der Waals surface area (Å²) >= 11 is 1.48. The van der Waals surface area contributed by atoms with Crippen molar-refractivity contribution in [3.05, 3.63) is 34.7 Å². The number of ether oxygens (including phenoxy) is 1. The van der Waals surface area contributed by atoms with Gasteiger partial charge in [-0.1, -0.05) is 12.1 Å². The summed E-state index contributed by atoms with van der Waals surface area (Å²) in [5.74, 6) is -0.0191. The van der Waals surface area contributed by atoms with Crippen molar-refractivity contribution in [1.82, 2.24) is 10.3 Å². The predicted molar refractivity (Wildman–Crippen MR) is 107 cm³/mol. The van der Waals surface area contributed by atoms with Gasteiger partial charge in [0.05, 0.1) is 18.9 Å². The third-order valence-electron chi connectivity index (χ3n) is 4.83. The van der Waals surface area contributed by atoms with Crippen molar-refractivity contribution < 1.29 is 9.53 Å². The number of fused-ring (bicyclic) bond motifs is 1. The lowest BCUT2D eigenvalue weighted by molar-refractivity contribution is -0.117. The van der Waals surface area contributed by atoms with Crippen LogP contribution in [0.3, 0.4) is 0 Å². The van der Waals surface area contributed by atoms with Crippen molar-refractivity contribution in [3.63, 3.8) is 0 Å². The molecule has 0 bridgehead atoms. The number of hydrogen-bond acceptors (Lipinski definition) is 5. The van der Waals surface area contributed by atoms with Crippen molar-refractivity contribution in [3.8, 4) is 11.3 Å². The molecule has 1 aliphatic carbocycles. The fraction of sp³-hybridized carbons (Fsp3) is 0.474. The number of nitrogens with one attached hydrogen (secondary N) is 2. The Labute approximate surface area is 164 Å². The van der Waals surface area contributed by atoms with Gasteiger partial charge in [-0.3, -0.25) is 4.79 Å². The maximum absolute atomic E-state index is 12.2. The summed E-state index contributed by atoms with van der Waals surface area (Å²) in [6.45, 7) is 2.11. The minimum atomic E-state index is -0.0191. The molecule has 7 heteroatoms. The minimum Gasteiger partial charge on any atom is -0.378 e. The molecule has 26 heavy (non-hydrogen) atoms. The number of carbonyl (C=O) groups excluding carboxylic acids is 1. The molecule has 1 fully saturated rings. The molecule has 140 valence electrons. The van der Waals surface area contributed by atoms with Crippen molar-refractivity contribution >= 4 is 34.8 Å². The average molecular weight is 394 g/mol. The number of benzene rings is 1. The highest BCUT2D eigenvalue weighted by Gasteiger charge is 2.18. The van der Waals surface area contributed by atoms with Gasteiger partial charge < -0.3 is 15.4 Å². The van der Waals surface area contributed by atoms with Gasteiger partial charge in [-0.05, 0) is 42.9 Å². The predicted octanol–water partition coefficient (Wildman–Crippen LogP) is 3.43. The number of hydrogen-bond donors (Lipinski definition) is 2. The Morgan fingerprint density at radius 3 is 2.96 bits per heavy atom. The number of nitrogens with zero attached hydrogens (tertiary/aromatic N) is 1. The Kier molecular flexibility index (Phi) is 6.64. The molecular formula is C19H24ClN3O2S. The van der Waals surface area contributed by atoms with E-state index >= 15 is 0 Å². The highest BCUT2D eigenvalue weighted by Crippen LogP contribution is 2.29. The molecular weight excluding hydrogens is 370 g/mol. The Hall–Kier alpha value is -1.47. The van der Waals surface area contributed by atoms with E-state index in [0.29, 0.717) is 18.2 Å². The number of aromatic nitrogens is 1. The fourth-order valence-electron chi connectivity index (χ4n) is 3.50. The number of rotatable bonds is 4. The molecule has 2 aromatic rings. The average Bonchev–Trinajstić information content (AvgIpc) is 3.10. The van der Waals surface area contributed by atoms with E-state index in [1.54, 1.807) is 0 Å². The first-order chi connectivity index (χ1) is 12.3. The summed E-state index contributed by atoms with van der Waals surface area (Å²) in [6, 6.07) is 6.73. The molecule has 0 saturated carbocycles. The zero-order valence-electron chi connectivity index (χ0n) is 14.6. The monoisotopic (exact) mass is 393 g/mol. The van der Waals surface area contributed by atoms with Crippen LogP contribution >= 0.6 is 23.7 Å². The molecule has 1 aromatic heterocycles. The number of morpholine rings is 1. The molecule has 4 rings (SSSR count). The molecule has 2 N–H and O–H groups in total. The normalized spacial score (nSPS) is 19.3. The summed E-state index contributed by atoms with van der Waals surface area (Å²) in [5.41, 5.74) is 5.00. The summed E-state index contributed by atoms with van der Waals surface area (Å²) in [7, 11) is 0. The molecule has 2 aliphatic rings. The Morgan fingerprint density at radius 2 is 2.15 bits per heavy atom. The SMILES string of the molecule is Cl.O=C(CC1COCCN1)Nc1nc(-c2ccc3c(c2)CCCC3)cs1. The number of halogens is 1. The van der Waals surface area contributed by atoms with E-state index < -0.39 is 0 Å². The van der Waals surface area contributed by atoms with E-state index in [2.05, 4.69) is 33.8 Å². The van der Waals surface area contributed by atoms with Crippen LogP contribution in [0.5, 0.6) is 0 Å². The van der Waals surface area contributed by atoms with Gasteiger partial charge in [0.15, 0.2) is 5.13 Å². The quantitative estimate of drug-likeness (QED) is 0.835. The first-order valence-electron chi connectivity index (χ1n) is 8.96. The van der Waals surface area contributed by atoms with E-state index in [-0.39, 0.29) is 24.4 Å². The van der Waals surface area contributed by atoms with E-state index in [9.17, 15) is 4.79 Å². The smallest absolute Gasteiger partial charge is 0.227 e. The zero-order chi connectivity index (χ0) is 17.1. The number of carbonyl (C=O) groups is 1. The lowest BCUT2D eigenvalue weighted by Crippen LogP contribution is -2.43. The summed E-state index contributed by atoms with van der Waals surface area (Å²) < 4.78 is 5.39. The maximum atomic E-state index is 12.2. The lowest BCUT2D eigenvalue weighted by Gasteiger charge is -2.22. The molecule has 1 aliphatic heterocycles. The highest BCUT2D eigenvalue weighted by molar-refractivity contribution is 7.14. The van der Waals surface area contributed by atoms with E-state index in [1.165, 1.54) is 41.7 Å². The van der Waals surface area contributed by atoms with Gasteiger partial charge in [0.1, 0.15) is 0 Å². The second-order valence-corrected chi connectivity index (χ2v) is 7.56. The van der Waals surface area contributed by atoms with Gasteiger partial charge in [-0.15, -0.1) is 23.7 Å². The highest BCUT2D eigenvalue weighted by atomic mass is 35.5. The molecule has 5 nitrogen and oxygen atoms in total. The van der Waals surface area contributed by atoms with Crippen LogP contribution in [0.4, 0.5) is 5.13 Å². The lowest BCUT2D eigenvalue weighted by atomic mass is 9.90. The number of aryl methyl sites for hydroxylation is 2. The third-order valence-corrected chi connectivity index (χ3v) is 5.58. The van der Waals surface area contributed by atoms with Crippen LogP contribution in [-0.4, -0.2) is 36.7 Å². The Bertz CT molecular complexity index is 759.